The van der Waals surface area contributed by atoms with Crippen LogP contribution in [-0.4, -0.2) is 22.6 Å². The number of carbonyl (C=O) groups excluding carboxylic acids is 2. The SMILES string of the molecule is CC(=O)NCc1ccc(-c2csc(NC(=O)CSc3ccc(F)cc3)n2)o1. The molecule has 2 N–H and O–H groups in total. The van der Waals surface area contributed by atoms with Gasteiger partial charge in [0.2, 0.25) is 11.8 Å². The lowest BCUT2D eigenvalue weighted by Crippen LogP contribution is -2.18. The fourth-order valence-electron chi connectivity index (χ4n) is 2.10. The summed E-state index contributed by atoms with van der Waals surface area (Å²) in [6.45, 7) is 1.75. The third-order valence-corrected chi connectivity index (χ3v) is 5.13. The zero-order chi connectivity index (χ0) is 19.2. The zero-order valence-corrected chi connectivity index (χ0v) is 16.0. The lowest BCUT2D eigenvalue weighted by Gasteiger charge is -2.02. The van der Waals surface area contributed by atoms with Crippen molar-refractivity contribution in [2.45, 2.75) is 18.4 Å². The Morgan fingerprint density at radius 1 is 1.22 bits per heavy atom. The molecule has 0 fully saturated rings. The van der Waals surface area contributed by atoms with E-state index in [2.05, 4.69) is 15.6 Å². The number of hydrogen-bond acceptors (Lipinski definition) is 6. The summed E-state index contributed by atoms with van der Waals surface area (Å²) in [5.41, 5.74) is 0.607. The molecule has 2 amide bonds. The molecular weight excluding hydrogens is 389 g/mol. The highest BCUT2D eigenvalue weighted by atomic mass is 32.2. The van der Waals surface area contributed by atoms with Gasteiger partial charge in [-0.05, 0) is 36.4 Å². The van der Waals surface area contributed by atoms with Crippen LogP contribution in [0.25, 0.3) is 11.5 Å². The van der Waals surface area contributed by atoms with Crippen molar-refractivity contribution in [3.8, 4) is 11.5 Å². The molecule has 1 aromatic carbocycles. The van der Waals surface area contributed by atoms with E-state index in [9.17, 15) is 14.0 Å². The van der Waals surface area contributed by atoms with Crippen LogP contribution in [0.5, 0.6) is 0 Å². The fourth-order valence-corrected chi connectivity index (χ4v) is 3.52. The number of benzene rings is 1. The van der Waals surface area contributed by atoms with Crippen molar-refractivity contribution in [3.63, 3.8) is 0 Å². The van der Waals surface area contributed by atoms with Crippen LogP contribution < -0.4 is 10.6 Å². The van der Waals surface area contributed by atoms with E-state index >= 15 is 0 Å². The summed E-state index contributed by atoms with van der Waals surface area (Å²) in [5.74, 6) is 0.739. The highest BCUT2D eigenvalue weighted by molar-refractivity contribution is 8.00. The van der Waals surface area contributed by atoms with Gasteiger partial charge in [0.25, 0.3) is 0 Å². The molecule has 0 atom stereocenters. The van der Waals surface area contributed by atoms with Crippen LogP contribution in [0.2, 0.25) is 0 Å². The van der Waals surface area contributed by atoms with E-state index in [1.807, 2.05) is 0 Å². The molecule has 27 heavy (non-hydrogen) atoms. The topological polar surface area (TPSA) is 84.2 Å². The van der Waals surface area contributed by atoms with Gasteiger partial charge in [0.1, 0.15) is 17.3 Å². The molecule has 0 radical (unpaired) electrons. The average Bonchev–Trinajstić information content (AvgIpc) is 3.28. The molecular formula is C18H16FN3O3S2. The first-order valence-electron chi connectivity index (χ1n) is 7.97. The zero-order valence-electron chi connectivity index (χ0n) is 14.3. The Hall–Kier alpha value is -2.65. The number of furan rings is 1. The predicted molar refractivity (Wildman–Crippen MR) is 103 cm³/mol. The molecule has 0 spiro atoms. The molecule has 140 valence electrons. The second-order valence-electron chi connectivity index (χ2n) is 5.50. The normalized spacial score (nSPS) is 10.6. The third-order valence-electron chi connectivity index (χ3n) is 3.36. The van der Waals surface area contributed by atoms with Crippen LogP contribution in [0.15, 0.2) is 51.1 Å². The monoisotopic (exact) mass is 405 g/mol. The van der Waals surface area contributed by atoms with Gasteiger partial charge in [-0.15, -0.1) is 23.1 Å². The van der Waals surface area contributed by atoms with Crippen LogP contribution in [0.4, 0.5) is 9.52 Å². The van der Waals surface area contributed by atoms with Crippen LogP contribution in [0.1, 0.15) is 12.7 Å². The summed E-state index contributed by atoms with van der Waals surface area (Å²) in [4.78, 5) is 28.1. The molecule has 0 unspecified atom stereocenters. The van der Waals surface area contributed by atoms with Gasteiger partial charge in [0.05, 0.1) is 12.3 Å². The molecule has 3 rings (SSSR count). The van der Waals surface area contributed by atoms with Gasteiger partial charge in [-0.25, -0.2) is 9.37 Å². The number of thiazole rings is 1. The number of rotatable bonds is 7. The van der Waals surface area contributed by atoms with Gasteiger partial charge in [-0.3, -0.25) is 9.59 Å². The van der Waals surface area contributed by atoms with Crippen LogP contribution in [0.3, 0.4) is 0 Å². The van der Waals surface area contributed by atoms with Crippen molar-refractivity contribution in [1.82, 2.24) is 10.3 Å². The van der Waals surface area contributed by atoms with E-state index in [-0.39, 0.29) is 23.4 Å². The summed E-state index contributed by atoms with van der Waals surface area (Å²) < 4.78 is 18.5. The second-order valence-corrected chi connectivity index (χ2v) is 7.41. The molecule has 2 heterocycles. The minimum Gasteiger partial charge on any atom is -0.458 e. The summed E-state index contributed by atoms with van der Waals surface area (Å²) in [5, 5.41) is 7.64. The largest absolute Gasteiger partial charge is 0.458 e. The molecule has 0 bridgehead atoms. The number of hydrogen-bond donors (Lipinski definition) is 2. The van der Waals surface area contributed by atoms with Crippen LogP contribution in [0, 0.1) is 5.82 Å². The first-order valence-corrected chi connectivity index (χ1v) is 9.83. The van der Waals surface area contributed by atoms with Gasteiger partial charge < -0.3 is 15.1 Å². The van der Waals surface area contributed by atoms with Gasteiger partial charge in [0.15, 0.2) is 10.9 Å². The van der Waals surface area contributed by atoms with Crippen molar-refractivity contribution in [2.24, 2.45) is 0 Å². The number of anilines is 1. The first kappa shape index (κ1) is 19.1. The molecule has 6 nitrogen and oxygen atoms in total. The quantitative estimate of drug-likeness (QED) is 0.582. The van der Waals surface area contributed by atoms with Gasteiger partial charge in [-0.2, -0.15) is 0 Å². The summed E-state index contributed by atoms with van der Waals surface area (Å²) in [6.07, 6.45) is 0. The molecule has 9 heteroatoms. The predicted octanol–water partition coefficient (Wildman–Crippen LogP) is 3.91. The lowest BCUT2D eigenvalue weighted by molar-refractivity contribution is -0.119. The fraction of sp³-hybridized carbons (Fsp3) is 0.167. The number of amides is 2. The van der Waals surface area contributed by atoms with Crippen LogP contribution >= 0.6 is 23.1 Å². The van der Waals surface area contributed by atoms with E-state index in [0.29, 0.717) is 28.9 Å². The van der Waals surface area contributed by atoms with Crippen molar-refractivity contribution >= 4 is 40.0 Å². The Balaban J connectivity index is 1.53. The summed E-state index contributed by atoms with van der Waals surface area (Å²) >= 11 is 2.61. The maximum Gasteiger partial charge on any atom is 0.236 e. The van der Waals surface area contributed by atoms with Crippen molar-refractivity contribution in [3.05, 3.63) is 53.4 Å². The molecule has 0 aliphatic heterocycles. The molecule has 0 saturated heterocycles. The van der Waals surface area contributed by atoms with Gasteiger partial charge in [0, 0.05) is 17.2 Å². The number of thioether (sulfide) groups is 1. The highest BCUT2D eigenvalue weighted by Gasteiger charge is 2.12. The Morgan fingerprint density at radius 2 is 2.00 bits per heavy atom. The molecule has 0 saturated carbocycles. The van der Waals surface area contributed by atoms with Crippen LogP contribution in [-0.2, 0) is 16.1 Å². The average molecular weight is 405 g/mol. The minimum absolute atomic E-state index is 0.134. The Kier molecular flexibility index (Phi) is 6.25. The van der Waals surface area contributed by atoms with Crippen molar-refractivity contribution < 1.29 is 18.4 Å². The maximum absolute atomic E-state index is 12.9. The smallest absolute Gasteiger partial charge is 0.236 e. The number of aromatic nitrogens is 1. The molecule has 2 aromatic heterocycles. The molecule has 0 aliphatic carbocycles. The molecule has 0 aliphatic rings. The maximum atomic E-state index is 12.9. The number of halogens is 1. The van der Waals surface area contributed by atoms with E-state index in [1.165, 1.54) is 42.2 Å². The molecule has 3 aromatic rings. The van der Waals surface area contributed by atoms with Crippen molar-refractivity contribution in [1.29, 1.82) is 0 Å². The van der Waals surface area contributed by atoms with E-state index in [4.69, 9.17) is 4.42 Å². The minimum atomic E-state index is -0.308. The summed E-state index contributed by atoms with van der Waals surface area (Å²) in [7, 11) is 0. The number of nitrogens with one attached hydrogen (secondary N) is 2. The summed E-state index contributed by atoms with van der Waals surface area (Å²) in [6, 6.07) is 9.51. The van der Waals surface area contributed by atoms with Crippen molar-refractivity contribution in [2.75, 3.05) is 11.1 Å². The number of carbonyl (C=O) groups is 2. The van der Waals surface area contributed by atoms with E-state index < -0.39 is 0 Å². The third kappa shape index (κ3) is 5.66. The second kappa shape index (κ2) is 8.83. The van der Waals surface area contributed by atoms with E-state index in [1.54, 1.807) is 29.6 Å². The van der Waals surface area contributed by atoms with E-state index in [0.717, 1.165) is 4.90 Å². The lowest BCUT2D eigenvalue weighted by atomic mass is 10.3. The Bertz CT molecular complexity index is 937. The van der Waals surface area contributed by atoms with Gasteiger partial charge >= 0.3 is 0 Å². The number of nitrogens with zero attached hydrogens (tertiary/aromatic N) is 1. The Labute approximate surface area is 163 Å². The highest BCUT2D eigenvalue weighted by Crippen LogP contribution is 2.27. The first-order chi connectivity index (χ1) is 13.0. The Morgan fingerprint density at radius 3 is 2.74 bits per heavy atom. The standard InChI is InChI=1S/C18H16FN3O3S2/c1-11(23)20-8-13-4-7-16(25-13)15-9-27-18(21-15)22-17(24)10-26-14-5-2-12(19)3-6-14/h2-7,9H,8,10H2,1H3,(H,20,23)(H,21,22,24). The van der Waals surface area contributed by atoms with Gasteiger partial charge in [-0.1, -0.05) is 0 Å².